The van der Waals surface area contributed by atoms with Crippen LogP contribution in [-0.4, -0.2) is 10.9 Å². The Bertz CT molecular complexity index is 780. The second-order valence-electron chi connectivity index (χ2n) is 4.69. The summed E-state index contributed by atoms with van der Waals surface area (Å²) < 4.78 is 13.0. The van der Waals surface area contributed by atoms with Crippen LogP contribution in [0.1, 0.15) is 16.1 Å². The molecular formula is C16H12ClFN2O. The van der Waals surface area contributed by atoms with Gasteiger partial charge in [-0.25, -0.2) is 4.39 Å². The van der Waals surface area contributed by atoms with Gasteiger partial charge in [-0.1, -0.05) is 35.9 Å². The molecule has 0 saturated heterocycles. The van der Waals surface area contributed by atoms with Crippen molar-refractivity contribution in [2.24, 2.45) is 0 Å². The Morgan fingerprint density at radius 3 is 2.76 bits per heavy atom. The minimum Gasteiger partial charge on any atom is -0.351 e. The number of fused-ring (bicyclic) bond motifs is 1. The molecular weight excluding hydrogens is 291 g/mol. The number of halogens is 2. The van der Waals surface area contributed by atoms with Crippen molar-refractivity contribution in [1.82, 2.24) is 10.3 Å². The fourth-order valence-corrected chi connectivity index (χ4v) is 2.37. The first kappa shape index (κ1) is 13.6. The summed E-state index contributed by atoms with van der Waals surface area (Å²) in [6.07, 6.45) is 0. The number of carbonyl (C=O) groups excluding carboxylic acids is 1. The smallest absolute Gasteiger partial charge is 0.267 e. The lowest BCUT2D eigenvalue weighted by Gasteiger charge is -2.06. The first-order valence-corrected chi connectivity index (χ1v) is 6.81. The van der Waals surface area contributed by atoms with E-state index >= 15 is 0 Å². The predicted octanol–water partition coefficient (Wildman–Crippen LogP) is 3.89. The van der Waals surface area contributed by atoms with Gasteiger partial charge in [-0.05, 0) is 29.8 Å². The van der Waals surface area contributed by atoms with Gasteiger partial charge < -0.3 is 10.3 Å². The van der Waals surface area contributed by atoms with Gasteiger partial charge in [-0.3, -0.25) is 4.79 Å². The van der Waals surface area contributed by atoms with E-state index in [9.17, 15) is 9.18 Å². The molecule has 0 unspecified atom stereocenters. The normalized spacial score (nSPS) is 10.8. The predicted molar refractivity (Wildman–Crippen MR) is 80.9 cm³/mol. The minimum atomic E-state index is -0.398. The van der Waals surface area contributed by atoms with E-state index < -0.39 is 5.82 Å². The minimum absolute atomic E-state index is 0.230. The summed E-state index contributed by atoms with van der Waals surface area (Å²) in [5.41, 5.74) is 2.06. The average molecular weight is 303 g/mol. The summed E-state index contributed by atoms with van der Waals surface area (Å²) in [6, 6.07) is 13.5. The van der Waals surface area contributed by atoms with Crippen molar-refractivity contribution in [3.05, 3.63) is 70.6 Å². The van der Waals surface area contributed by atoms with Gasteiger partial charge in [0.1, 0.15) is 11.5 Å². The molecule has 0 atom stereocenters. The Kier molecular flexibility index (Phi) is 3.62. The van der Waals surface area contributed by atoms with E-state index in [1.807, 2.05) is 24.3 Å². The van der Waals surface area contributed by atoms with Crippen molar-refractivity contribution in [3.8, 4) is 0 Å². The van der Waals surface area contributed by atoms with Crippen LogP contribution >= 0.6 is 11.6 Å². The van der Waals surface area contributed by atoms with E-state index in [4.69, 9.17) is 11.6 Å². The molecule has 1 aromatic heterocycles. The number of hydrogen-bond donors (Lipinski definition) is 2. The highest BCUT2D eigenvalue weighted by molar-refractivity contribution is 6.31. The molecule has 2 N–H and O–H groups in total. The SMILES string of the molecule is O=C(NCc1ccc(F)cc1Cl)c1cc2ccccc2[nH]1. The third-order valence-corrected chi connectivity index (χ3v) is 3.58. The van der Waals surface area contributed by atoms with Gasteiger partial charge in [0.25, 0.3) is 5.91 Å². The van der Waals surface area contributed by atoms with Gasteiger partial charge >= 0.3 is 0 Å². The number of carbonyl (C=O) groups is 1. The van der Waals surface area contributed by atoms with Crippen molar-refractivity contribution >= 4 is 28.4 Å². The number of nitrogens with one attached hydrogen (secondary N) is 2. The largest absolute Gasteiger partial charge is 0.351 e. The van der Waals surface area contributed by atoms with E-state index in [2.05, 4.69) is 10.3 Å². The number of para-hydroxylation sites is 1. The Morgan fingerprint density at radius 2 is 2.00 bits per heavy atom. The molecule has 0 aliphatic rings. The van der Waals surface area contributed by atoms with Gasteiger partial charge in [-0.2, -0.15) is 0 Å². The summed E-state index contributed by atoms with van der Waals surface area (Å²) in [7, 11) is 0. The molecule has 3 aromatic rings. The quantitative estimate of drug-likeness (QED) is 0.757. The summed E-state index contributed by atoms with van der Waals surface area (Å²) in [5, 5.41) is 4.03. The highest BCUT2D eigenvalue weighted by Gasteiger charge is 2.10. The Labute approximate surface area is 125 Å². The van der Waals surface area contributed by atoms with E-state index in [-0.39, 0.29) is 12.5 Å². The molecule has 0 aliphatic carbocycles. The van der Waals surface area contributed by atoms with Crippen LogP contribution in [0, 0.1) is 5.82 Å². The molecule has 0 fully saturated rings. The van der Waals surface area contributed by atoms with Crippen molar-refractivity contribution in [1.29, 1.82) is 0 Å². The summed E-state index contributed by atoms with van der Waals surface area (Å²) in [5.74, 6) is -0.628. The third-order valence-electron chi connectivity index (χ3n) is 3.23. The Balaban J connectivity index is 1.74. The molecule has 0 saturated carbocycles. The number of benzene rings is 2. The summed E-state index contributed by atoms with van der Waals surface area (Å²) >= 11 is 5.92. The number of aromatic nitrogens is 1. The Hall–Kier alpha value is -2.33. The van der Waals surface area contributed by atoms with E-state index in [0.717, 1.165) is 10.9 Å². The van der Waals surface area contributed by atoms with Crippen LogP contribution in [0.25, 0.3) is 10.9 Å². The fraction of sp³-hybridized carbons (Fsp3) is 0.0625. The zero-order valence-electron chi connectivity index (χ0n) is 11.0. The van der Waals surface area contributed by atoms with Crippen LogP contribution < -0.4 is 5.32 Å². The van der Waals surface area contributed by atoms with Gasteiger partial charge in [0, 0.05) is 22.5 Å². The van der Waals surface area contributed by atoms with Crippen LogP contribution in [0.15, 0.2) is 48.5 Å². The zero-order chi connectivity index (χ0) is 14.8. The first-order valence-electron chi connectivity index (χ1n) is 6.43. The molecule has 5 heteroatoms. The molecule has 1 amide bonds. The molecule has 0 aliphatic heterocycles. The summed E-state index contributed by atoms with van der Waals surface area (Å²) in [6.45, 7) is 0.243. The molecule has 0 bridgehead atoms. The maximum atomic E-state index is 13.0. The van der Waals surface area contributed by atoms with Gasteiger partial charge in [0.15, 0.2) is 0 Å². The standard InChI is InChI=1S/C16H12ClFN2O/c17-13-8-12(18)6-5-11(13)9-19-16(21)15-7-10-3-1-2-4-14(10)20-15/h1-8,20H,9H2,(H,19,21). The van der Waals surface area contributed by atoms with E-state index in [1.165, 1.54) is 12.1 Å². The maximum absolute atomic E-state index is 13.0. The second kappa shape index (κ2) is 5.58. The molecule has 3 rings (SSSR count). The molecule has 21 heavy (non-hydrogen) atoms. The lowest BCUT2D eigenvalue weighted by atomic mass is 10.2. The molecule has 106 valence electrons. The van der Waals surface area contributed by atoms with Crippen LogP contribution in [0.3, 0.4) is 0 Å². The van der Waals surface area contributed by atoms with Crippen LogP contribution in [-0.2, 0) is 6.54 Å². The number of rotatable bonds is 3. The van der Waals surface area contributed by atoms with Gasteiger partial charge in [0.05, 0.1) is 0 Å². The van der Waals surface area contributed by atoms with Crippen molar-refractivity contribution in [2.75, 3.05) is 0 Å². The van der Waals surface area contributed by atoms with Crippen molar-refractivity contribution < 1.29 is 9.18 Å². The van der Waals surface area contributed by atoms with Crippen molar-refractivity contribution in [2.45, 2.75) is 6.54 Å². The van der Waals surface area contributed by atoms with Crippen LogP contribution in [0.4, 0.5) is 4.39 Å². The monoisotopic (exact) mass is 302 g/mol. The van der Waals surface area contributed by atoms with Gasteiger partial charge in [-0.15, -0.1) is 0 Å². The number of H-pyrrole nitrogens is 1. The Morgan fingerprint density at radius 1 is 1.19 bits per heavy atom. The lowest BCUT2D eigenvalue weighted by molar-refractivity contribution is 0.0947. The number of amides is 1. The molecule has 0 radical (unpaired) electrons. The summed E-state index contributed by atoms with van der Waals surface area (Å²) in [4.78, 5) is 15.2. The van der Waals surface area contributed by atoms with E-state index in [1.54, 1.807) is 12.1 Å². The first-order chi connectivity index (χ1) is 10.1. The lowest BCUT2D eigenvalue weighted by Crippen LogP contribution is -2.23. The van der Waals surface area contributed by atoms with Gasteiger partial charge in [0.2, 0.25) is 0 Å². The number of hydrogen-bond acceptors (Lipinski definition) is 1. The molecule has 0 spiro atoms. The topological polar surface area (TPSA) is 44.9 Å². The van der Waals surface area contributed by atoms with Crippen LogP contribution in [0.5, 0.6) is 0 Å². The molecule has 3 nitrogen and oxygen atoms in total. The highest BCUT2D eigenvalue weighted by atomic mass is 35.5. The van der Waals surface area contributed by atoms with Crippen LogP contribution in [0.2, 0.25) is 5.02 Å². The van der Waals surface area contributed by atoms with Crippen molar-refractivity contribution in [3.63, 3.8) is 0 Å². The zero-order valence-corrected chi connectivity index (χ0v) is 11.7. The highest BCUT2D eigenvalue weighted by Crippen LogP contribution is 2.18. The molecule has 2 aromatic carbocycles. The number of aromatic amines is 1. The van der Waals surface area contributed by atoms with E-state index in [0.29, 0.717) is 16.3 Å². The maximum Gasteiger partial charge on any atom is 0.267 e. The third kappa shape index (κ3) is 2.90. The second-order valence-corrected chi connectivity index (χ2v) is 5.10. The average Bonchev–Trinajstić information content (AvgIpc) is 2.90. The molecule has 1 heterocycles. The fourth-order valence-electron chi connectivity index (χ4n) is 2.13.